The number of ether oxygens (including phenoxy) is 2. The van der Waals surface area contributed by atoms with Crippen LogP contribution in [0.5, 0.6) is 11.5 Å². The Bertz CT molecular complexity index is 1080. The maximum atomic E-state index is 5.49. The van der Waals surface area contributed by atoms with E-state index >= 15 is 0 Å². The van der Waals surface area contributed by atoms with E-state index in [1.54, 1.807) is 43.6 Å². The quantitative estimate of drug-likeness (QED) is 0.336. The van der Waals surface area contributed by atoms with Gasteiger partial charge >= 0.3 is 0 Å². The molecule has 0 aliphatic carbocycles. The van der Waals surface area contributed by atoms with Crippen molar-refractivity contribution in [3.63, 3.8) is 0 Å². The van der Waals surface area contributed by atoms with E-state index in [1.807, 2.05) is 42.5 Å². The van der Waals surface area contributed by atoms with Gasteiger partial charge < -0.3 is 9.47 Å². The summed E-state index contributed by atoms with van der Waals surface area (Å²) >= 11 is 3.28. The lowest BCUT2D eigenvalue weighted by Gasteiger charge is -2.08. The number of hydrogen-bond donors (Lipinski definition) is 0. The predicted octanol–water partition coefficient (Wildman–Crippen LogP) is 5.06. The molecule has 136 valence electrons. The first kappa shape index (κ1) is 17.8. The first-order valence-electron chi connectivity index (χ1n) is 8.28. The van der Waals surface area contributed by atoms with Gasteiger partial charge in [0.25, 0.3) is 0 Å². The lowest BCUT2D eigenvalue weighted by molar-refractivity contribution is 0.395. The van der Waals surface area contributed by atoms with Gasteiger partial charge in [-0.15, -0.1) is 11.3 Å². The van der Waals surface area contributed by atoms with Gasteiger partial charge in [-0.25, -0.2) is 15.0 Å². The summed E-state index contributed by atoms with van der Waals surface area (Å²) in [5.74, 6) is 2.26. The molecule has 5 nitrogen and oxygen atoms in total. The van der Waals surface area contributed by atoms with Crippen LogP contribution in [0.1, 0.15) is 5.69 Å². The first-order chi connectivity index (χ1) is 13.3. The average molecular weight is 396 g/mol. The second-order valence-corrected chi connectivity index (χ2v) is 7.52. The van der Waals surface area contributed by atoms with E-state index < -0.39 is 0 Å². The van der Waals surface area contributed by atoms with Gasteiger partial charge in [-0.05, 0) is 18.2 Å². The Kier molecular flexibility index (Phi) is 5.22. The largest absolute Gasteiger partial charge is 0.497 e. The average Bonchev–Trinajstić information content (AvgIpc) is 3.20. The smallest absolute Gasteiger partial charge is 0.132 e. The highest BCUT2D eigenvalue weighted by atomic mass is 32.2. The molecule has 0 fully saturated rings. The summed E-state index contributed by atoms with van der Waals surface area (Å²) in [7, 11) is 3.30. The fourth-order valence-corrected chi connectivity index (χ4v) is 4.55. The van der Waals surface area contributed by atoms with Gasteiger partial charge in [-0.1, -0.05) is 30.0 Å². The molecule has 27 heavy (non-hydrogen) atoms. The highest BCUT2D eigenvalue weighted by molar-refractivity contribution is 7.98. The number of thioether (sulfide) groups is 1. The minimum atomic E-state index is 0.746. The zero-order valence-electron chi connectivity index (χ0n) is 14.9. The number of thiazole rings is 1. The topological polar surface area (TPSA) is 57.1 Å². The van der Waals surface area contributed by atoms with Gasteiger partial charge in [-0.3, -0.25) is 0 Å². The lowest BCUT2D eigenvalue weighted by atomic mass is 10.2. The Balaban J connectivity index is 1.55. The molecule has 2 aromatic carbocycles. The molecule has 7 heteroatoms. The normalized spacial score (nSPS) is 10.9. The molecule has 0 saturated carbocycles. The SMILES string of the molecule is COc1ccc(-c2nc(CSc3ncnc4ccccc34)cs2)c(OC)c1. The summed E-state index contributed by atoms with van der Waals surface area (Å²) < 4.78 is 10.8. The third-order valence-electron chi connectivity index (χ3n) is 4.05. The molecule has 0 N–H and O–H groups in total. The summed E-state index contributed by atoms with van der Waals surface area (Å²) in [5, 5.41) is 5.04. The molecule has 0 atom stereocenters. The van der Waals surface area contributed by atoms with E-state index in [4.69, 9.17) is 14.5 Å². The van der Waals surface area contributed by atoms with Crippen molar-refractivity contribution in [2.75, 3.05) is 14.2 Å². The van der Waals surface area contributed by atoms with Crippen LogP contribution in [-0.2, 0) is 5.75 Å². The third-order valence-corrected chi connectivity index (χ3v) is 6.02. The number of hydrogen-bond acceptors (Lipinski definition) is 7. The second-order valence-electron chi connectivity index (χ2n) is 5.69. The number of fused-ring (bicyclic) bond motifs is 1. The molecular formula is C20H17N3O2S2. The van der Waals surface area contributed by atoms with Crippen molar-refractivity contribution in [2.24, 2.45) is 0 Å². The monoisotopic (exact) mass is 395 g/mol. The van der Waals surface area contributed by atoms with Crippen LogP contribution in [0.3, 0.4) is 0 Å². The molecule has 0 bridgehead atoms. The molecule has 0 unspecified atom stereocenters. The van der Waals surface area contributed by atoms with Gasteiger partial charge in [0.2, 0.25) is 0 Å². The Morgan fingerprint density at radius 1 is 1.04 bits per heavy atom. The van der Waals surface area contributed by atoms with E-state index in [0.29, 0.717) is 0 Å². The van der Waals surface area contributed by atoms with Crippen LogP contribution in [-0.4, -0.2) is 29.2 Å². The molecule has 0 aliphatic rings. The van der Waals surface area contributed by atoms with Gasteiger partial charge in [-0.2, -0.15) is 0 Å². The Hall–Kier alpha value is -2.64. The van der Waals surface area contributed by atoms with Crippen molar-refractivity contribution < 1.29 is 9.47 Å². The fraction of sp³-hybridized carbons (Fsp3) is 0.150. The van der Waals surface area contributed by atoms with Crippen LogP contribution < -0.4 is 9.47 Å². The van der Waals surface area contributed by atoms with Crippen molar-refractivity contribution in [1.29, 1.82) is 0 Å². The maximum Gasteiger partial charge on any atom is 0.132 e. The van der Waals surface area contributed by atoms with Crippen LogP contribution in [0.2, 0.25) is 0 Å². The molecule has 2 aromatic heterocycles. The molecule has 4 rings (SSSR count). The van der Waals surface area contributed by atoms with Crippen molar-refractivity contribution in [3.8, 4) is 22.1 Å². The van der Waals surface area contributed by atoms with Crippen molar-refractivity contribution in [3.05, 3.63) is 59.9 Å². The van der Waals surface area contributed by atoms with Crippen LogP contribution in [0.25, 0.3) is 21.5 Å². The predicted molar refractivity (Wildman–Crippen MR) is 110 cm³/mol. The van der Waals surface area contributed by atoms with Crippen LogP contribution in [0.15, 0.2) is 59.2 Å². The Labute approximate surface area is 165 Å². The number of aromatic nitrogens is 3. The van der Waals surface area contributed by atoms with E-state index in [-0.39, 0.29) is 0 Å². The Morgan fingerprint density at radius 3 is 2.78 bits per heavy atom. The summed E-state index contributed by atoms with van der Waals surface area (Å²) in [4.78, 5) is 13.5. The van der Waals surface area contributed by atoms with Crippen molar-refractivity contribution >= 4 is 34.0 Å². The molecule has 0 radical (unpaired) electrons. The third kappa shape index (κ3) is 3.74. The molecular weight excluding hydrogens is 378 g/mol. The molecule has 4 aromatic rings. The Morgan fingerprint density at radius 2 is 1.93 bits per heavy atom. The molecule has 0 saturated heterocycles. The number of rotatable bonds is 6. The van der Waals surface area contributed by atoms with Gasteiger partial charge in [0.1, 0.15) is 27.9 Å². The number of nitrogens with zero attached hydrogens (tertiary/aromatic N) is 3. The standard InChI is InChI=1S/C20H17N3O2S2/c1-24-14-7-8-16(18(9-14)25-2)20-23-13(11-27-20)10-26-19-15-5-3-4-6-17(15)21-12-22-19/h3-9,11-12H,10H2,1-2H3. The molecule has 2 heterocycles. The summed E-state index contributed by atoms with van der Waals surface area (Å²) in [6, 6.07) is 13.8. The van der Waals surface area contributed by atoms with Gasteiger partial charge in [0.15, 0.2) is 0 Å². The summed E-state index contributed by atoms with van der Waals surface area (Å²) in [6.45, 7) is 0. The van der Waals surface area contributed by atoms with E-state index in [0.717, 1.165) is 49.4 Å². The molecule has 0 amide bonds. The van der Waals surface area contributed by atoms with Crippen molar-refractivity contribution in [1.82, 2.24) is 15.0 Å². The number of para-hydroxylation sites is 1. The van der Waals surface area contributed by atoms with Crippen LogP contribution >= 0.6 is 23.1 Å². The summed E-state index contributed by atoms with van der Waals surface area (Å²) in [6.07, 6.45) is 1.61. The maximum absolute atomic E-state index is 5.49. The molecule has 0 aliphatic heterocycles. The lowest BCUT2D eigenvalue weighted by Crippen LogP contribution is -1.91. The first-order valence-corrected chi connectivity index (χ1v) is 10.1. The van der Waals surface area contributed by atoms with Crippen LogP contribution in [0.4, 0.5) is 0 Å². The molecule has 0 spiro atoms. The second kappa shape index (κ2) is 7.94. The van der Waals surface area contributed by atoms with Crippen LogP contribution in [0, 0.1) is 0 Å². The van der Waals surface area contributed by atoms with E-state index in [9.17, 15) is 0 Å². The van der Waals surface area contributed by atoms with Gasteiger partial charge in [0, 0.05) is 22.6 Å². The number of methoxy groups -OCH3 is 2. The van der Waals surface area contributed by atoms with E-state index in [1.165, 1.54) is 0 Å². The zero-order chi connectivity index (χ0) is 18.6. The minimum absolute atomic E-state index is 0.746. The fourth-order valence-electron chi connectivity index (χ4n) is 2.71. The number of benzene rings is 2. The van der Waals surface area contributed by atoms with Gasteiger partial charge in [0.05, 0.1) is 31.0 Å². The summed E-state index contributed by atoms with van der Waals surface area (Å²) in [5.41, 5.74) is 2.93. The van der Waals surface area contributed by atoms with Crippen molar-refractivity contribution in [2.45, 2.75) is 10.8 Å². The highest BCUT2D eigenvalue weighted by Crippen LogP contribution is 2.36. The zero-order valence-corrected chi connectivity index (χ0v) is 16.5. The van der Waals surface area contributed by atoms with E-state index in [2.05, 4.69) is 15.3 Å². The highest BCUT2D eigenvalue weighted by Gasteiger charge is 2.12. The minimum Gasteiger partial charge on any atom is -0.497 e.